The first-order chi connectivity index (χ1) is 18.7. The molecule has 0 aliphatic rings. The average molecular weight is 525 g/mol. The number of hydrogen-bond donors (Lipinski definition) is 0. The van der Waals surface area contributed by atoms with Gasteiger partial charge in [-0.15, -0.1) is 23.5 Å². The molecule has 0 unspecified atom stereocenters. The third-order valence-corrected chi connectivity index (χ3v) is 8.62. The molecule has 0 aliphatic heterocycles. The third kappa shape index (κ3) is 5.03. The standard InChI is InChI=1S/C36H28S2/c1-37-35-23-33-21-27(25-9-5-3-6-10-25)13-15-29(33)19-31(35)17-18-32-20-30-16-14-28(26-11-7-4-8-12-26)22-34(30)24-36(32)38-2/h3-24H,1-2H3/b18-17+. The lowest BCUT2D eigenvalue weighted by Crippen LogP contribution is -1.86. The summed E-state index contributed by atoms with van der Waals surface area (Å²) >= 11 is 3.61. The molecule has 38 heavy (non-hydrogen) atoms. The van der Waals surface area contributed by atoms with E-state index in [9.17, 15) is 0 Å². The van der Waals surface area contributed by atoms with Crippen molar-refractivity contribution >= 4 is 57.2 Å². The molecule has 6 rings (SSSR count). The van der Waals surface area contributed by atoms with Crippen molar-refractivity contribution in [3.05, 3.63) is 132 Å². The van der Waals surface area contributed by atoms with Crippen molar-refractivity contribution in [3.8, 4) is 22.3 Å². The molecule has 0 aromatic heterocycles. The van der Waals surface area contributed by atoms with Crippen molar-refractivity contribution in [3.63, 3.8) is 0 Å². The summed E-state index contributed by atoms with van der Waals surface area (Å²) in [6.45, 7) is 0. The SMILES string of the molecule is CSc1cc2cc(-c3ccccc3)ccc2cc1/C=C/c1cc2ccc(-c3ccccc3)cc2cc1SC. The van der Waals surface area contributed by atoms with Gasteiger partial charge in [0.2, 0.25) is 0 Å². The molecule has 184 valence electrons. The van der Waals surface area contributed by atoms with Crippen LogP contribution in [-0.4, -0.2) is 12.5 Å². The van der Waals surface area contributed by atoms with E-state index in [-0.39, 0.29) is 0 Å². The molecule has 0 saturated heterocycles. The van der Waals surface area contributed by atoms with Crippen molar-refractivity contribution in [2.45, 2.75) is 9.79 Å². The van der Waals surface area contributed by atoms with Crippen LogP contribution in [0.25, 0.3) is 56.0 Å². The van der Waals surface area contributed by atoms with Gasteiger partial charge in [0.25, 0.3) is 0 Å². The van der Waals surface area contributed by atoms with E-state index in [1.165, 1.54) is 64.7 Å². The summed E-state index contributed by atoms with van der Waals surface area (Å²) in [4.78, 5) is 2.58. The Morgan fingerprint density at radius 2 is 0.816 bits per heavy atom. The molecule has 6 aromatic carbocycles. The molecule has 0 fully saturated rings. The first-order valence-corrected chi connectivity index (χ1v) is 15.2. The van der Waals surface area contributed by atoms with Crippen LogP contribution in [0.4, 0.5) is 0 Å². The first-order valence-electron chi connectivity index (χ1n) is 12.7. The quantitative estimate of drug-likeness (QED) is 0.157. The summed E-state index contributed by atoms with van der Waals surface area (Å²) in [5, 5.41) is 5.08. The van der Waals surface area contributed by atoms with Crippen molar-refractivity contribution in [2.24, 2.45) is 0 Å². The fourth-order valence-electron chi connectivity index (χ4n) is 5.00. The maximum absolute atomic E-state index is 2.33. The lowest BCUT2D eigenvalue weighted by Gasteiger charge is -2.11. The van der Waals surface area contributed by atoms with E-state index in [1.807, 2.05) is 0 Å². The van der Waals surface area contributed by atoms with E-state index in [0.29, 0.717) is 0 Å². The zero-order chi connectivity index (χ0) is 25.9. The zero-order valence-electron chi connectivity index (χ0n) is 21.5. The number of thioether (sulfide) groups is 2. The van der Waals surface area contributed by atoms with Gasteiger partial charge in [0.1, 0.15) is 0 Å². The molecule has 0 spiro atoms. The smallest absolute Gasteiger partial charge is 0.0148 e. The molecule has 0 amide bonds. The number of rotatable bonds is 6. The minimum atomic E-state index is 1.25. The van der Waals surface area contributed by atoms with Crippen LogP contribution in [0.2, 0.25) is 0 Å². The Balaban J connectivity index is 1.36. The summed E-state index contributed by atoms with van der Waals surface area (Å²) < 4.78 is 0. The van der Waals surface area contributed by atoms with E-state index < -0.39 is 0 Å². The highest BCUT2D eigenvalue weighted by atomic mass is 32.2. The minimum absolute atomic E-state index is 1.25. The minimum Gasteiger partial charge on any atom is -0.129 e. The molecule has 0 bridgehead atoms. The summed E-state index contributed by atoms with van der Waals surface area (Å²) in [7, 11) is 0. The highest BCUT2D eigenvalue weighted by Crippen LogP contribution is 2.34. The second-order valence-electron chi connectivity index (χ2n) is 9.38. The number of hydrogen-bond acceptors (Lipinski definition) is 2. The van der Waals surface area contributed by atoms with Crippen molar-refractivity contribution in [2.75, 3.05) is 12.5 Å². The monoisotopic (exact) mass is 524 g/mol. The summed E-state index contributed by atoms with van der Waals surface area (Å²) in [5.41, 5.74) is 7.52. The second-order valence-corrected chi connectivity index (χ2v) is 11.1. The van der Waals surface area contributed by atoms with Gasteiger partial charge < -0.3 is 0 Å². The van der Waals surface area contributed by atoms with Crippen LogP contribution in [-0.2, 0) is 0 Å². The summed E-state index contributed by atoms with van der Waals surface area (Å²) in [5.74, 6) is 0. The highest BCUT2D eigenvalue weighted by molar-refractivity contribution is 7.99. The van der Waals surface area contributed by atoms with Gasteiger partial charge in [-0.2, -0.15) is 0 Å². The fraction of sp³-hybridized carbons (Fsp3) is 0.0556. The van der Waals surface area contributed by atoms with E-state index in [4.69, 9.17) is 0 Å². The average Bonchev–Trinajstić information content (AvgIpc) is 2.99. The van der Waals surface area contributed by atoms with Gasteiger partial charge in [0, 0.05) is 9.79 Å². The molecular weight excluding hydrogens is 497 g/mol. The molecule has 0 aliphatic carbocycles. The summed E-state index contributed by atoms with van der Waals surface area (Å²) in [6.07, 6.45) is 8.87. The maximum atomic E-state index is 2.33. The topological polar surface area (TPSA) is 0 Å². The molecule has 0 radical (unpaired) electrons. The van der Waals surface area contributed by atoms with Crippen LogP contribution in [0.5, 0.6) is 0 Å². The maximum Gasteiger partial charge on any atom is 0.0148 e. The molecule has 0 atom stereocenters. The van der Waals surface area contributed by atoms with Crippen LogP contribution < -0.4 is 0 Å². The lowest BCUT2D eigenvalue weighted by molar-refractivity contribution is 1.45. The van der Waals surface area contributed by atoms with Gasteiger partial charge in [-0.3, -0.25) is 0 Å². The van der Waals surface area contributed by atoms with Crippen LogP contribution >= 0.6 is 23.5 Å². The predicted molar refractivity (Wildman–Crippen MR) is 171 cm³/mol. The van der Waals surface area contributed by atoms with Crippen LogP contribution in [0, 0.1) is 0 Å². The molecule has 6 aromatic rings. The Hall–Kier alpha value is -3.72. The highest BCUT2D eigenvalue weighted by Gasteiger charge is 2.08. The fourth-order valence-corrected chi connectivity index (χ4v) is 6.22. The Labute approximate surface area is 233 Å². The first kappa shape index (κ1) is 24.6. The summed E-state index contributed by atoms with van der Waals surface area (Å²) in [6, 6.07) is 44.0. The molecule has 0 heterocycles. The van der Waals surface area contributed by atoms with Crippen molar-refractivity contribution in [1.29, 1.82) is 0 Å². The van der Waals surface area contributed by atoms with Gasteiger partial charge >= 0.3 is 0 Å². The predicted octanol–water partition coefficient (Wildman–Crippen LogP) is 10.9. The Morgan fingerprint density at radius 1 is 0.395 bits per heavy atom. The Kier molecular flexibility index (Phi) is 7.09. The van der Waals surface area contributed by atoms with E-state index in [0.717, 1.165) is 0 Å². The zero-order valence-corrected chi connectivity index (χ0v) is 23.2. The number of benzene rings is 6. The molecule has 0 saturated carbocycles. The molecule has 2 heteroatoms. The second kappa shape index (κ2) is 10.9. The van der Waals surface area contributed by atoms with Gasteiger partial charge in [0.05, 0.1) is 0 Å². The normalized spacial score (nSPS) is 11.5. The van der Waals surface area contributed by atoms with Gasteiger partial charge in [-0.1, -0.05) is 97.1 Å². The van der Waals surface area contributed by atoms with Crippen molar-refractivity contribution < 1.29 is 0 Å². The molecule has 0 nitrogen and oxygen atoms in total. The number of fused-ring (bicyclic) bond motifs is 2. The lowest BCUT2D eigenvalue weighted by atomic mass is 9.98. The Bertz CT molecular complexity index is 1630. The van der Waals surface area contributed by atoms with Gasteiger partial charge in [0.15, 0.2) is 0 Å². The van der Waals surface area contributed by atoms with Crippen molar-refractivity contribution in [1.82, 2.24) is 0 Å². The molecule has 0 N–H and O–H groups in total. The van der Waals surface area contributed by atoms with Crippen LogP contribution in [0.15, 0.2) is 131 Å². The molecular formula is C36H28S2. The van der Waals surface area contributed by atoms with Crippen LogP contribution in [0.3, 0.4) is 0 Å². The van der Waals surface area contributed by atoms with Crippen LogP contribution in [0.1, 0.15) is 11.1 Å². The van der Waals surface area contributed by atoms with E-state index >= 15 is 0 Å². The van der Waals surface area contributed by atoms with E-state index in [1.54, 1.807) is 23.5 Å². The Morgan fingerprint density at radius 3 is 1.21 bits per heavy atom. The van der Waals surface area contributed by atoms with E-state index in [2.05, 4.69) is 146 Å². The van der Waals surface area contributed by atoms with Gasteiger partial charge in [-0.25, -0.2) is 0 Å². The van der Waals surface area contributed by atoms with Gasteiger partial charge in [-0.05, 0) is 104 Å². The largest absolute Gasteiger partial charge is 0.129 e. The third-order valence-electron chi connectivity index (χ3n) is 7.03.